The van der Waals surface area contributed by atoms with Crippen LogP contribution in [0.4, 0.5) is 0 Å². The van der Waals surface area contributed by atoms with Gasteiger partial charge in [-0.3, -0.25) is 0 Å². The molecule has 0 amide bonds. The molecule has 0 aromatic rings. The van der Waals surface area contributed by atoms with E-state index in [4.69, 9.17) is 0 Å². The molecule has 0 aromatic carbocycles. The molecule has 0 saturated carbocycles. The second kappa shape index (κ2) is 7.36. The fourth-order valence-corrected chi connectivity index (χ4v) is 16.8. The second-order valence-electron chi connectivity index (χ2n) is 5.22. The Balaban J connectivity index is 1.46. The SMILES string of the molecule is [SeH]C(CC1CS1)C1CC[Se]C(C([SeH])CC2CS2)[Se]1. The normalized spacial score (nSPS) is 42.3. The number of hydrogen-bond acceptors (Lipinski definition) is 2. The molecule has 0 aromatic heterocycles. The van der Waals surface area contributed by atoms with E-state index in [2.05, 4.69) is 55.5 Å². The average Bonchev–Trinajstić information content (AvgIpc) is 3.25. The van der Waals surface area contributed by atoms with Crippen LogP contribution in [0.2, 0.25) is 23.5 Å². The van der Waals surface area contributed by atoms with Crippen LogP contribution in [0.1, 0.15) is 19.3 Å². The van der Waals surface area contributed by atoms with Gasteiger partial charge in [-0.25, -0.2) is 0 Å². The summed E-state index contributed by atoms with van der Waals surface area (Å²) in [6.45, 7) is 0. The summed E-state index contributed by atoms with van der Waals surface area (Å²) in [5, 5.41) is 3.65. The van der Waals surface area contributed by atoms with Crippen LogP contribution in [0.3, 0.4) is 0 Å². The summed E-state index contributed by atoms with van der Waals surface area (Å²) in [6.07, 6.45) is 4.57. The van der Waals surface area contributed by atoms with Gasteiger partial charge < -0.3 is 0 Å². The monoisotopic (exact) mass is 548 g/mol. The van der Waals surface area contributed by atoms with Crippen LogP contribution >= 0.6 is 23.5 Å². The molecule has 0 bridgehead atoms. The first-order chi connectivity index (χ1) is 8.72. The summed E-state index contributed by atoms with van der Waals surface area (Å²) < 4.78 is 1.14. The summed E-state index contributed by atoms with van der Waals surface area (Å²) in [7, 11) is 0. The van der Waals surface area contributed by atoms with Crippen LogP contribution in [-0.2, 0) is 0 Å². The van der Waals surface area contributed by atoms with Gasteiger partial charge in [0, 0.05) is 0 Å². The van der Waals surface area contributed by atoms with E-state index in [0.717, 1.165) is 58.6 Å². The minimum atomic E-state index is 0.937. The van der Waals surface area contributed by atoms with Gasteiger partial charge in [0.1, 0.15) is 0 Å². The third-order valence-electron chi connectivity index (χ3n) is 3.55. The summed E-state index contributed by atoms with van der Waals surface area (Å²) in [5.41, 5.74) is 0. The molecule has 104 valence electrons. The second-order valence-corrected chi connectivity index (χ2v) is 17.7. The van der Waals surface area contributed by atoms with Crippen molar-refractivity contribution in [2.24, 2.45) is 0 Å². The molecule has 3 aliphatic rings. The van der Waals surface area contributed by atoms with Gasteiger partial charge >= 0.3 is 150 Å². The predicted molar refractivity (Wildman–Crippen MR) is 92.0 cm³/mol. The first-order valence-electron chi connectivity index (χ1n) is 6.59. The molecule has 3 fully saturated rings. The van der Waals surface area contributed by atoms with E-state index in [1.165, 1.54) is 24.3 Å². The Kier molecular flexibility index (Phi) is 6.41. The zero-order valence-electron chi connectivity index (χ0n) is 10.2. The van der Waals surface area contributed by atoms with Crippen LogP contribution < -0.4 is 0 Å². The van der Waals surface area contributed by atoms with Crippen molar-refractivity contribution in [3.63, 3.8) is 0 Å². The van der Waals surface area contributed by atoms with Gasteiger partial charge in [0.05, 0.1) is 0 Å². The van der Waals surface area contributed by atoms with E-state index in [0.29, 0.717) is 0 Å². The standard InChI is InChI=1S/C12H20S2Se4/c15-9(3-7-5-13-7)11-1-2-17-12(18-11)10(16)4-8-6-14-8/h7-12,15-16H,1-6H2. The van der Waals surface area contributed by atoms with Gasteiger partial charge in [-0.15, -0.1) is 0 Å². The Morgan fingerprint density at radius 3 is 2.28 bits per heavy atom. The predicted octanol–water partition coefficient (Wildman–Crippen LogP) is 2.14. The number of hydrogen-bond donors (Lipinski definition) is 0. The Labute approximate surface area is 148 Å². The van der Waals surface area contributed by atoms with Gasteiger partial charge in [0.15, 0.2) is 0 Å². The molecule has 0 radical (unpaired) electrons. The van der Waals surface area contributed by atoms with Gasteiger partial charge in [0.25, 0.3) is 0 Å². The zero-order chi connectivity index (χ0) is 12.5. The van der Waals surface area contributed by atoms with Crippen LogP contribution in [0.5, 0.6) is 0 Å². The zero-order valence-corrected chi connectivity index (χ0v) is 19.0. The Bertz CT molecular complexity index is 257. The third kappa shape index (κ3) is 4.91. The van der Waals surface area contributed by atoms with Gasteiger partial charge in [-0.05, 0) is 0 Å². The molecular formula is C12H20S2Se4. The average molecular weight is 544 g/mol. The van der Waals surface area contributed by atoms with Crippen molar-refractivity contribution in [1.82, 2.24) is 0 Å². The minimum absolute atomic E-state index is 0.937. The Hall–Kier alpha value is 2.78. The topological polar surface area (TPSA) is 0 Å². The summed E-state index contributed by atoms with van der Waals surface area (Å²) in [5.74, 6) is 2.91. The van der Waals surface area contributed by atoms with Crippen molar-refractivity contribution in [1.29, 1.82) is 0 Å². The van der Waals surface area contributed by atoms with E-state index in [1.807, 2.05) is 0 Å². The van der Waals surface area contributed by atoms with Gasteiger partial charge in [0.2, 0.25) is 0 Å². The molecule has 0 N–H and O–H groups in total. The van der Waals surface area contributed by atoms with Crippen molar-refractivity contribution in [3.8, 4) is 0 Å². The van der Waals surface area contributed by atoms with E-state index in [1.54, 1.807) is 11.7 Å². The van der Waals surface area contributed by atoms with Crippen LogP contribution in [-0.4, -0.2) is 83.9 Å². The first kappa shape index (κ1) is 15.7. The van der Waals surface area contributed by atoms with Crippen molar-refractivity contribution in [2.45, 2.75) is 53.2 Å². The maximum absolute atomic E-state index is 3.05. The molecule has 0 aliphatic carbocycles. The van der Waals surface area contributed by atoms with Crippen LogP contribution in [0, 0.1) is 0 Å². The fourth-order valence-electron chi connectivity index (χ4n) is 2.27. The molecule has 3 saturated heterocycles. The first-order valence-corrected chi connectivity index (χ1v) is 15.0. The molecule has 3 aliphatic heterocycles. The third-order valence-corrected chi connectivity index (χ3v) is 19.0. The van der Waals surface area contributed by atoms with Gasteiger partial charge in [-0.1, -0.05) is 0 Å². The van der Waals surface area contributed by atoms with Crippen molar-refractivity contribution in [2.75, 3.05) is 11.5 Å². The molecule has 18 heavy (non-hydrogen) atoms. The fraction of sp³-hybridized carbons (Fsp3) is 1.00. The van der Waals surface area contributed by atoms with E-state index >= 15 is 0 Å². The Morgan fingerprint density at radius 1 is 1.06 bits per heavy atom. The van der Waals surface area contributed by atoms with E-state index < -0.39 is 0 Å². The van der Waals surface area contributed by atoms with Crippen molar-refractivity contribution < 1.29 is 0 Å². The maximum atomic E-state index is 3.05. The van der Waals surface area contributed by atoms with Gasteiger partial charge in [-0.2, -0.15) is 0 Å². The van der Waals surface area contributed by atoms with Crippen LogP contribution in [0.25, 0.3) is 0 Å². The van der Waals surface area contributed by atoms with Crippen LogP contribution in [0.15, 0.2) is 0 Å². The summed E-state index contributed by atoms with van der Waals surface area (Å²) in [6, 6.07) is 0. The molecule has 3 rings (SSSR count). The molecule has 0 spiro atoms. The van der Waals surface area contributed by atoms with E-state index in [-0.39, 0.29) is 0 Å². The number of rotatable bonds is 6. The molecule has 6 heteroatoms. The summed E-state index contributed by atoms with van der Waals surface area (Å²) >= 11 is 12.4. The molecule has 6 unspecified atom stereocenters. The molecule has 3 heterocycles. The van der Waals surface area contributed by atoms with Crippen molar-refractivity contribution >= 4 is 85.5 Å². The van der Waals surface area contributed by atoms with E-state index in [9.17, 15) is 0 Å². The molecule has 6 atom stereocenters. The summed E-state index contributed by atoms with van der Waals surface area (Å²) in [4.78, 5) is 3.04. The molecular weight excluding hydrogens is 524 g/mol. The number of thioether (sulfide) groups is 2. The molecule has 0 nitrogen and oxygen atoms in total. The van der Waals surface area contributed by atoms with Crippen molar-refractivity contribution in [3.05, 3.63) is 0 Å². The quantitative estimate of drug-likeness (QED) is 0.372. The Morgan fingerprint density at radius 2 is 1.67 bits per heavy atom.